The number of fused-ring (bicyclic) bond motifs is 1. The number of hydrogen-bond donors (Lipinski definition) is 1. The van der Waals surface area contributed by atoms with E-state index in [1.807, 2.05) is 0 Å². The van der Waals surface area contributed by atoms with Crippen LogP contribution in [-0.2, 0) is 16.0 Å². The maximum absolute atomic E-state index is 8.12. The summed E-state index contributed by atoms with van der Waals surface area (Å²) in [6.45, 7) is 2.26. The lowest BCUT2D eigenvalue weighted by Gasteiger charge is -1.93. The molecule has 0 aliphatic carbocycles. The van der Waals surface area contributed by atoms with Gasteiger partial charge in [0.2, 0.25) is 0 Å². The van der Waals surface area contributed by atoms with Gasteiger partial charge in [0.25, 0.3) is 0 Å². The number of benzene rings is 1. The first-order valence-corrected chi connectivity index (χ1v) is 4.20. The van der Waals surface area contributed by atoms with Gasteiger partial charge in [0.05, 0.1) is 6.04 Å². The highest BCUT2D eigenvalue weighted by Gasteiger charge is 2.19. The molecular formula is C10H12ClNO2. The van der Waals surface area contributed by atoms with Crippen molar-refractivity contribution < 1.29 is 27.3 Å². The zero-order valence-electron chi connectivity index (χ0n) is 7.87. The minimum absolute atomic E-state index is 0. The van der Waals surface area contributed by atoms with E-state index in [9.17, 15) is 0 Å². The van der Waals surface area contributed by atoms with Gasteiger partial charge in [0, 0.05) is 12.0 Å². The van der Waals surface area contributed by atoms with Gasteiger partial charge in [-0.15, -0.1) is 0 Å². The first-order valence-electron chi connectivity index (χ1n) is 4.20. The molecule has 0 radical (unpaired) electrons. The van der Waals surface area contributed by atoms with Crippen LogP contribution >= 0.6 is 0 Å². The van der Waals surface area contributed by atoms with E-state index in [1.54, 1.807) is 0 Å². The lowest BCUT2D eigenvalue weighted by atomic mass is 10.1. The molecule has 1 aliphatic heterocycles. The van der Waals surface area contributed by atoms with Gasteiger partial charge in [-0.05, 0) is 13.0 Å². The first kappa shape index (κ1) is 12.8. The predicted octanol–water partition coefficient (Wildman–Crippen LogP) is -2.75. The van der Waals surface area contributed by atoms with E-state index in [4.69, 9.17) is 9.59 Å². The Balaban J connectivity index is 0.000000381. The third-order valence-corrected chi connectivity index (χ3v) is 2.06. The molecule has 4 heteroatoms. The highest BCUT2D eigenvalue weighted by atomic mass is 35.5. The van der Waals surface area contributed by atoms with E-state index in [1.165, 1.54) is 17.7 Å². The highest BCUT2D eigenvalue weighted by molar-refractivity contribution is 5.41. The molecule has 0 saturated heterocycles. The van der Waals surface area contributed by atoms with Gasteiger partial charge >= 0.3 is 6.15 Å². The maximum Gasteiger partial charge on any atom is 0.373 e. The smallest absolute Gasteiger partial charge is 0.373 e. The van der Waals surface area contributed by atoms with Crippen molar-refractivity contribution in [3.8, 4) is 0 Å². The lowest BCUT2D eigenvalue weighted by Crippen LogP contribution is -3.00. The molecule has 0 saturated carbocycles. The van der Waals surface area contributed by atoms with Crippen LogP contribution in [0.25, 0.3) is 0 Å². The van der Waals surface area contributed by atoms with Crippen molar-refractivity contribution in [3.05, 3.63) is 29.8 Å². The Kier molecular flexibility index (Phi) is 5.81. The summed E-state index contributed by atoms with van der Waals surface area (Å²) in [5.41, 5.74) is 2.95. The quantitative estimate of drug-likeness (QED) is 0.475. The molecule has 0 amide bonds. The van der Waals surface area contributed by atoms with Crippen LogP contribution in [0.1, 0.15) is 12.5 Å². The van der Waals surface area contributed by atoms with Crippen molar-refractivity contribution >= 4 is 11.8 Å². The van der Waals surface area contributed by atoms with E-state index in [2.05, 4.69) is 36.5 Å². The summed E-state index contributed by atoms with van der Waals surface area (Å²) in [6, 6.07) is 9.38. The Labute approximate surface area is 88.9 Å². The summed E-state index contributed by atoms with van der Waals surface area (Å²) in [6.07, 6.45) is 1.48. The summed E-state index contributed by atoms with van der Waals surface area (Å²) in [5, 5.41) is 2.34. The summed E-state index contributed by atoms with van der Waals surface area (Å²) in [4.78, 5) is 16.2. The zero-order chi connectivity index (χ0) is 9.68. The highest BCUT2D eigenvalue weighted by Crippen LogP contribution is 2.15. The Bertz CT molecular complexity index is 297. The second-order valence-electron chi connectivity index (χ2n) is 3.13. The normalized spacial score (nSPS) is 16.8. The molecule has 3 nitrogen and oxygen atoms in total. The molecule has 1 heterocycles. The first-order chi connectivity index (χ1) is 6.27. The average molecular weight is 214 g/mol. The summed E-state index contributed by atoms with van der Waals surface area (Å²) >= 11 is 0. The summed E-state index contributed by atoms with van der Waals surface area (Å²) < 4.78 is 0. The van der Waals surface area contributed by atoms with Crippen LogP contribution in [0.4, 0.5) is 5.69 Å². The van der Waals surface area contributed by atoms with E-state index in [0.29, 0.717) is 0 Å². The van der Waals surface area contributed by atoms with Gasteiger partial charge in [-0.3, -0.25) is 0 Å². The number of halogens is 1. The molecule has 0 unspecified atom stereocenters. The number of carbonyl (C=O) groups excluding carboxylic acids is 2. The third kappa shape index (κ3) is 3.30. The fraction of sp³-hybridized carbons (Fsp3) is 0.300. The third-order valence-electron chi connectivity index (χ3n) is 2.06. The predicted molar refractivity (Wildman–Crippen MR) is 46.2 cm³/mol. The molecule has 0 fully saturated rings. The maximum atomic E-state index is 8.12. The Morgan fingerprint density at radius 2 is 1.93 bits per heavy atom. The zero-order valence-corrected chi connectivity index (χ0v) is 8.62. The minimum atomic E-state index is 0. The number of para-hydroxylation sites is 1. The van der Waals surface area contributed by atoms with Crippen LogP contribution in [0.3, 0.4) is 0 Å². The van der Waals surface area contributed by atoms with Gasteiger partial charge in [-0.1, -0.05) is 18.2 Å². The monoisotopic (exact) mass is 213 g/mol. The molecule has 0 aromatic heterocycles. The van der Waals surface area contributed by atoms with E-state index in [-0.39, 0.29) is 18.6 Å². The molecule has 76 valence electrons. The van der Waals surface area contributed by atoms with Gasteiger partial charge in [0.15, 0.2) is 0 Å². The molecule has 1 aromatic carbocycles. The molecule has 0 bridgehead atoms. The van der Waals surface area contributed by atoms with Crippen molar-refractivity contribution in [2.24, 2.45) is 0 Å². The topological polar surface area (TPSA) is 50.8 Å². The Hall–Kier alpha value is -1.15. The van der Waals surface area contributed by atoms with Gasteiger partial charge in [0.1, 0.15) is 5.69 Å². The molecule has 1 aromatic rings. The molecule has 14 heavy (non-hydrogen) atoms. The van der Waals surface area contributed by atoms with Crippen LogP contribution in [0.2, 0.25) is 0 Å². The molecule has 2 N–H and O–H groups in total. The van der Waals surface area contributed by atoms with Crippen LogP contribution in [0.5, 0.6) is 0 Å². The van der Waals surface area contributed by atoms with E-state index >= 15 is 0 Å². The van der Waals surface area contributed by atoms with E-state index < -0.39 is 0 Å². The largest absolute Gasteiger partial charge is 1.00 e. The van der Waals surface area contributed by atoms with Crippen LogP contribution in [-0.4, -0.2) is 12.2 Å². The molecule has 0 spiro atoms. The summed E-state index contributed by atoms with van der Waals surface area (Å²) in [5.74, 6) is 0. The Morgan fingerprint density at radius 1 is 1.36 bits per heavy atom. The van der Waals surface area contributed by atoms with Gasteiger partial charge < -0.3 is 17.7 Å². The fourth-order valence-electron chi connectivity index (χ4n) is 1.60. The standard InChI is InChI=1S/C9H11N.CO2.ClH/c1-7-6-8-4-2-3-5-9(8)10-7;2-1-3;/h2-5,7,10H,6H2,1H3;;1H/t7-;;/m1../s1. The van der Waals surface area contributed by atoms with Crippen LogP contribution in [0.15, 0.2) is 24.3 Å². The second kappa shape index (κ2) is 6.33. The van der Waals surface area contributed by atoms with Gasteiger partial charge in [-0.25, -0.2) is 0 Å². The number of hydrogen-bond acceptors (Lipinski definition) is 2. The number of nitrogens with two attached hydrogens (primary N) is 1. The van der Waals surface area contributed by atoms with Crippen molar-refractivity contribution in [3.63, 3.8) is 0 Å². The van der Waals surface area contributed by atoms with Crippen molar-refractivity contribution in [1.29, 1.82) is 0 Å². The van der Waals surface area contributed by atoms with E-state index in [0.717, 1.165) is 6.04 Å². The summed E-state index contributed by atoms with van der Waals surface area (Å²) in [7, 11) is 0. The molecule has 2 rings (SSSR count). The lowest BCUT2D eigenvalue weighted by molar-refractivity contribution is -0.596. The van der Waals surface area contributed by atoms with Crippen molar-refractivity contribution in [2.45, 2.75) is 19.4 Å². The minimum Gasteiger partial charge on any atom is -1.00 e. The van der Waals surface area contributed by atoms with Crippen molar-refractivity contribution in [1.82, 2.24) is 0 Å². The average Bonchev–Trinajstić information content (AvgIpc) is 2.45. The molecule has 1 atom stereocenters. The number of rotatable bonds is 0. The number of quaternary nitrogens is 1. The molecule has 1 aliphatic rings. The van der Waals surface area contributed by atoms with Crippen LogP contribution in [0, 0.1) is 0 Å². The van der Waals surface area contributed by atoms with Gasteiger partial charge in [-0.2, -0.15) is 9.59 Å². The fourth-order valence-corrected chi connectivity index (χ4v) is 1.60. The van der Waals surface area contributed by atoms with Crippen LogP contribution < -0.4 is 17.7 Å². The SMILES string of the molecule is C[C@@H]1Cc2ccccc2[NH2+]1.O=C=O.[Cl-]. The Morgan fingerprint density at radius 3 is 2.50 bits per heavy atom. The molecular weight excluding hydrogens is 202 g/mol. The van der Waals surface area contributed by atoms with Crippen molar-refractivity contribution in [2.75, 3.05) is 0 Å². The second-order valence-corrected chi connectivity index (χ2v) is 3.13.